The summed E-state index contributed by atoms with van der Waals surface area (Å²) in [4.78, 5) is 13.7. The monoisotopic (exact) mass is 456 g/mol. The van der Waals surface area contributed by atoms with Gasteiger partial charge in [-0.2, -0.15) is 5.26 Å². The molecule has 0 amide bonds. The Morgan fingerprint density at radius 1 is 1.18 bits per heavy atom. The summed E-state index contributed by atoms with van der Waals surface area (Å²) >= 11 is 0. The van der Waals surface area contributed by atoms with E-state index in [1.165, 1.54) is 5.56 Å². The van der Waals surface area contributed by atoms with E-state index in [1.807, 2.05) is 25.1 Å². The van der Waals surface area contributed by atoms with Gasteiger partial charge in [-0.05, 0) is 87.7 Å². The largest absolute Gasteiger partial charge is 0.384 e. The van der Waals surface area contributed by atoms with Gasteiger partial charge in [-0.1, -0.05) is 0 Å². The van der Waals surface area contributed by atoms with E-state index < -0.39 is 0 Å². The van der Waals surface area contributed by atoms with E-state index >= 15 is 0 Å². The smallest absolute Gasteiger partial charge is 0.123 e. The molecule has 0 saturated carbocycles. The molecule has 0 aliphatic carbocycles. The summed E-state index contributed by atoms with van der Waals surface area (Å²) in [6, 6.07) is 14.4. The number of ether oxygens (including phenoxy) is 1. The van der Waals surface area contributed by atoms with Gasteiger partial charge in [0.05, 0.1) is 23.3 Å². The highest BCUT2D eigenvalue weighted by Gasteiger charge is 2.30. The van der Waals surface area contributed by atoms with Gasteiger partial charge in [-0.3, -0.25) is 4.98 Å². The molecule has 2 aromatic heterocycles. The summed E-state index contributed by atoms with van der Waals surface area (Å²) in [5, 5.41) is 10.5. The molecule has 7 heteroatoms. The number of pyridine rings is 2. The fourth-order valence-electron chi connectivity index (χ4n) is 5.56. The standard InChI is InChI=1S/C27H32N6O/c1-18-12-22(13-26(29)31-18)20-7-10-32(11-8-20)16-23-17-33(15-19(2)34-23)25-6-5-21(14-28)27-24(25)4-3-9-30-27/h3-6,9,12-13,19-20,23H,7-8,10-11,15-17H2,1-2H3,(H2,29,31). The number of fused-ring (bicyclic) bond motifs is 1. The summed E-state index contributed by atoms with van der Waals surface area (Å²) in [5.41, 5.74) is 10.8. The van der Waals surface area contributed by atoms with Crippen molar-refractivity contribution in [2.45, 2.75) is 44.8 Å². The number of benzene rings is 1. The third kappa shape index (κ3) is 4.70. The van der Waals surface area contributed by atoms with Gasteiger partial charge >= 0.3 is 0 Å². The first kappa shape index (κ1) is 22.6. The molecule has 176 valence electrons. The SMILES string of the molecule is Cc1cc(C2CCN(CC3CN(c4ccc(C#N)c5ncccc45)CC(C)O3)CC2)cc(N)n1. The number of nitrogens with zero attached hydrogens (tertiary/aromatic N) is 5. The highest BCUT2D eigenvalue weighted by molar-refractivity contribution is 5.95. The minimum atomic E-state index is 0.140. The zero-order valence-corrected chi connectivity index (χ0v) is 19.9. The zero-order valence-electron chi connectivity index (χ0n) is 19.9. The van der Waals surface area contributed by atoms with Crippen molar-refractivity contribution < 1.29 is 4.74 Å². The second-order valence-corrected chi connectivity index (χ2v) is 9.66. The molecule has 7 nitrogen and oxygen atoms in total. The number of nitrogens with two attached hydrogens (primary N) is 1. The predicted octanol–water partition coefficient (Wildman–Crippen LogP) is 3.87. The van der Waals surface area contributed by atoms with E-state index in [2.05, 4.69) is 51.0 Å². The van der Waals surface area contributed by atoms with Crippen LogP contribution >= 0.6 is 0 Å². The number of hydrogen-bond acceptors (Lipinski definition) is 7. The first-order valence-electron chi connectivity index (χ1n) is 12.1. The number of piperidine rings is 1. The summed E-state index contributed by atoms with van der Waals surface area (Å²) < 4.78 is 6.36. The molecule has 2 atom stereocenters. The molecular weight excluding hydrogens is 424 g/mol. The molecule has 2 saturated heterocycles. The number of aromatic nitrogens is 2. The Bertz CT molecular complexity index is 1190. The second-order valence-electron chi connectivity index (χ2n) is 9.66. The fraction of sp³-hybridized carbons (Fsp3) is 0.444. The lowest BCUT2D eigenvalue weighted by Gasteiger charge is -2.41. The van der Waals surface area contributed by atoms with Crippen molar-refractivity contribution >= 4 is 22.4 Å². The van der Waals surface area contributed by atoms with E-state index in [0.29, 0.717) is 17.3 Å². The van der Waals surface area contributed by atoms with Crippen molar-refractivity contribution in [1.29, 1.82) is 5.26 Å². The van der Waals surface area contributed by atoms with Gasteiger partial charge in [0, 0.05) is 42.6 Å². The van der Waals surface area contributed by atoms with Crippen molar-refractivity contribution in [3.63, 3.8) is 0 Å². The van der Waals surface area contributed by atoms with Gasteiger partial charge in [-0.15, -0.1) is 0 Å². The average molecular weight is 457 g/mol. The maximum atomic E-state index is 9.48. The first-order valence-corrected chi connectivity index (χ1v) is 12.1. The predicted molar refractivity (Wildman–Crippen MR) is 135 cm³/mol. The molecule has 2 fully saturated rings. The lowest BCUT2D eigenvalue weighted by atomic mass is 9.89. The normalized spacial score (nSPS) is 22.1. The molecule has 3 aromatic rings. The first-order chi connectivity index (χ1) is 16.5. The van der Waals surface area contributed by atoms with Crippen LogP contribution in [0.4, 0.5) is 11.5 Å². The Kier molecular flexibility index (Phi) is 6.36. The van der Waals surface area contributed by atoms with Gasteiger partial charge in [0.15, 0.2) is 0 Å². The highest BCUT2D eigenvalue weighted by Crippen LogP contribution is 2.32. The maximum absolute atomic E-state index is 9.48. The quantitative estimate of drug-likeness (QED) is 0.637. The van der Waals surface area contributed by atoms with E-state index in [9.17, 15) is 5.26 Å². The number of likely N-dealkylation sites (tertiary alicyclic amines) is 1. The van der Waals surface area contributed by atoms with Gasteiger partial charge in [0.2, 0.25) is 0 Å². The number of morpholine rings is 1. The van der Waals surface area contributed by atoms with Crippen LogP contribution in [0.25, 0.3) is 10.9 Å². The van der Waals surface area contributed by atoms with Crippen molar-refractivity contribution in [2.24, 2.45) is 0 Å². The number of anilines is 2. The summed E-state index contributed by atoms with van der Waals surface area (Å²) in [6.07, 6.45) is 4.28. The van der Waals surface area contributed by atoms with Crippen LogP contribution in [0.2, 0.25) is 0 Å². The molecule has 2 unspecified atom stereocenters. The number of nitrogen functional groups attached to an aromatic ring is 1. The Morgan fingerprint density at radius 3 is 2.76 bits per heavy atom. The Balaban J connectivity index is 1.26. The van der Waals surface area contributed by atoms with E-state index in [1.54, 1.807) is 6.20 Å². The minimum Gasteiger partial charge on any atom is -0.384 e. The number of aryl methyl sites for hydroxylation is 1. The molecule has 2 N–H and O–H groups in total. The van der Waals surface area contributed by atoms with Crippen molar-refractivity contribution in [1.82, 2.24) is 14.9 Å². The lowest BCUT2D eigenvalue weighted by molar-refractivity contribution is -0.0349. The molecule has 1 aromatic carbocycles. The second kappa shape index (κ2) is 9.57. The van der Waals surface area contributed by atoms with Crippen LogP contribution in [0.15, 0.2) is 42.6 Å². The van der Waals surface area contributed by atoms with Crippen LogP contribution in [0, 0.1) is 18.3 Å². The Hall–Kier alpha value is -3.21. The summed E-state index contributed by atoms with van der Waals surface area (Å²) in [6.45, 7) is 8.87. The lowest BCUT2D eigenvalue weighted by Crippen LogP contribution is -2.51. The molecule has 2 aliphatic rings. The molecule has 0 spiro atoms. The van der Waals surface area contributed by atoms with Crippen LogP contribution in [0.3, 0.4) is 0 Å². The third-order valence-electron chi connectivity index (χ3n) is 7.05. The van der Waals surface area contributed by atoms with Crippen molar-refractivity contribution in [3.05, 3.63) is 59.4 Å². The third-order valence-corrected chi connectivity index (χ3v) is 7.05. The van der Waals surface area contributed by atoms with Gasteiger partial charge in [0.1, 0.15) is 11.9 Å². The summed E-state index contributed by atoms with van der Waals surface area (Å²) in [7, 11) is 0. The van der Waals surface area contributed by atoms with Gasteiger partial charge < -0.3 is 20.3 Å². The van der Waals surface area contributed by atoms with Crippen LogP contribution in [-0.2, 0) is 4.74 Å². The Morgan fingerprint density at radius 2 is 2.00 bits per heavy atom. The topological polar surface area (TPSA) is 91.3 Å². The molecule has 4 heterocycles. The molecule has 5 rings (SSSR count). The van der Waals surface area contributed by atoms with Crippen molar-refractivity contribution in [3.8, 4) is 6.07 Å². The van der Waals surface area contributed by atoms with Crippen LogP contribution in [0.5, 0.6) is 0 Å². The number of nitriles is 1. The van der Waals surface area contributed by atoms with E-state index in [-0.39, 0.29) is 12.2 Å². The van der Waals surface area contributed by atoms with Crippen LogP contribution in [0.1, 0.15) is 42.5 Å². The van der Waals surface area contributed by atoms with Crippen LogP contribution < -0.4 is 10.6 Å². The maximum Gasteiger partial charge on any atom is 0.123 e. The highest BCUT2D eigenvalue weighted by atomic mass is 16.5. The summed E-state index contributed by atoms with van der Waals surface area (Å²) in [5.74, 6) is 1.16. The fourth-order valence-corrected chi connectivity index (χ4v) is 5.56. The van der Waals surface area contributed by atoms with Crippen LogP contribution in [-0.4, -0.2) is 59.8 Å². The molecule has 0 radical (unpaired) electrons. The molecule has 2 aliphatic heterocycles. The number of rotatable bonds is 4. The number of hydrogen-bond donors (Lipinski definition) is 1. The minimum absolute atomic E-state index is 0.140. The van der Waals surface area contributed by atoms with Gasteiger partial charge in [0.25, 0.3) is 0 Å². The average Bonchev–Trinajstić information content (AvgIpc) is 2.83. The van der Waals surface area contributed by atoms with E-state index in [0.717, 1.165) is 67.8 Å². The molecular formula is C27H32N6O. The van der Waals surface area contributed by atoms with Gasteiger partial charge in [-0.25, -0.2) is 4.98 Å². The Labute approximate surface area is 201 Å². The molecule has 34 heavy (non-hydrogen) atoms. The molecule has 0 bridgehead atoms. The van der Waals surface area contributed by atoms with E-state index in [4.69, 9.17) is 10.5 Å². The van der Waals surface area contributed by atoms with Crippen molar-refractivity contribution in [2.75, 3.05) is 43.4 Å². The zero-order chi connectivity index (χ0) is 23.7.